The summed E-state index contributed by atoms with van der Waals surface area (Å²) in [7, 11) is 4.87. The highest BCUT2D eigenvalue weighted by atomic mass is 16.5. The first-order chi connectivity index (χ1) is 20.5. The van der Waals surface area contributed by atoms with Gasteiger partial charge in [-0.15, -0.1) is 0 Å². The number of aromatic nitrogens is 2. The zero-order valence-corrected chi connectivity index (χ0v) is 28.7. The summed E-state index contributed by atoms with van der Waals surface area (Å²) in [6.45, 7) is 19.6. The topological polar surface area (TPSA) is 85.5 Å². The molecule has 0 fully saturated rings. The van der Waals surface area contributed by atoms with Gasteiger partial charge < -0.3 is 24.5 Å². The minimum Gasteiger partial charge on any atom is -0.493 e. The van der Waals surface area contributed by atoms with E-state index in [2.05, 4.69) is 102 Å². The Balaban J connectivity index is 0.000000181. The Morgan fingerprint density at radius 1 is 0.682 bits per heavy atom. The van der Waals surface area contributed by atoms with E-state index in [4.69, 9.17) is 14.2 Å². The minimum atomic E-state index is 0.0484. The lowest BCUT2D eigenvalue weighted by Crippen LogP contribution is -2.20. The van der Waals surface area contributed by atoms with Gasteiger partial charge in [0, 0.05) is 29.9 Å². The van der Waals surface area contributed by atoms with Gasteiger partial charge in [-0.05, 0) is 75.3 Å². The normalized spacial score (nSPS) is 13.0. The number of hydrogen-bond donors (Lipinski definition) is 2. The van der Waals surface area contributed by atoms with E-state index in [1.807, 2.05) is 30.6 Å². The second-order valence-corrected chi connectivity index (χ2v) is 14.2. The third-order valence-electron chi connectivity index (χ3n) is 7.66. The van der Waals surface area contributed by atoms with Crippen LogP contribution in [0.15, 0.2) is 54.9 Å². The summed E-state index contributed by atoms with van der Waals surface area (Å²) in [5, 5.41) is 4.09. The van der Waals surface area contributed by atoms with E-state index in [-0.39, 0.29) is 22.2 Å². The lowest BCUT2D eigenvalue weighted by molar-refractivity contribution is -0.116. The summed E-state index contributed by atoms with van der Waals surface area (Å²) < 4.78 is 15.9. The molecule has 3 heterocycles. The molecule has 0 bridgehead atoms. The largest absolute Gasteiger partial charge is 0.493 e. The van der Waals surface area contributed by atoms with Crippen molar-refractivity contribution in [2.75, 3.05) is 26.6 Å². The van der Waals surface area contributed by atoms with Gasteiger partial charge in [-0.1, -0.05) is 74.4 Å². The molecular weight excluding hydrogens is 550 g/mol. The van der Waals surface area contributed by atoms with Crippen LogP contribution in [-0.4, -0.2) is 37.2 Å². The Hall–Kier alpha value is -4.00. The molecule has 0 saturated carbocycles. The van der Waals surface area contributed by atoms with Crippen LogP contribution in [0, 0.1) is 0 Å². The summed E-state index contributed by atoms with van der Waals surface area (Å²) >= 11 is 0. The van der Waals surface area contributed by atoms with Gasteiger partial charge in [0.05, 0.1) is 21.3 Å². The van der Waals surface area contributed by atoms with Crippen LogP contribution >= 0.6 is 0 Å². The van der Waals surface area contributed by atoms with Crippen LogP contribution < -0.4 is 19.5 Å². The number of methoxy groups -OCH3 is 3. The first-order valence-electron chi connectivity index (χ1n) is 15.1. The molecule has 44 heavy (non-hydrogen) atoms. The average Bonchev–Trinajstić information content (AvgIpc) is 3.43. The number of fused-ring (bicyclic) bond motifs is 2. The number of aromatic amines is 1. The van der Waals surface area contributed by atoms with Crippen molar-refractivity contribution < 1.29 is 19.0 Å². The predicted molar refractivity (Wildman–Crippen MR) is 182 cm³/mol. The summed E-state index contributed by atoms with van der Waals surface area (Å²) in [6.07, 6.45) is 5.34. The van der Waals surface area contributed by atoms with Crippen LogP contribution in [0.4, 0.5) is 5.69 Å². The zero-order chi connectivity index (χ0) is 32.9. The number of carbonyl (C=O) groups excluding carboxylic acids is 1. The quantitative estimate of drug-likeness (QED) is 0.245. The Kier molecular flexibility index (Phi) is 10.8. The van der Waals surface area contributed by atoms with E-state index in [9.17, 15) is 4.79 Å². The molecule has 2 aromatic heterocycles. The van der Waals surface area contributed by atoms with Crippen molar-refractivity contribution in [1.82, 2.24) is 9.97 Å². The monoisotopic (exact) mass is 601 g/mol. The second kappa shape index (κ2) is 13.7. The van der Waals surface area contributed by atoms with Crippen LogP contribution in [0.25, 0.3) is 11.0 Å². The van der Waals surface area contributed by atoms with Gasteiger partial charge in [-0.25, -0.2) is 4.98 Å². The molecule has 7 nitrogen and oxygen atoms in total. The fraction of sp³-hybridized carbons (Fsp3) is 0.459. The smallest absolute Gasteiger partial charge is 0.224 e. The molecule has 4 aromatic rings. The third kappa shape index (κ3) is 8.77. The summed E-state index contributed by atoms with van der Waals surface area (Å²) in [5.41, 5.74) is 7.38. The molecule has 0 saturated heterocycles. The number of rotatable bonds is 3. The number of nitrogens with zero attached hydrogens (tertiary/aromatic N) is 1. The Morgan fingerprint density at radius 2 is 1.27 bits per heavy atom. The molecule has 1 amide bonds. The summed E-state index contributed by atoms with van der Waals surface area (Å²) in [4.78, 5) is 18.6. The lowest BCUT2D eigenvalue weighted by atomic mass is 9.85. The van der Waals surface area contributed by atoms with Crippen molar-refractivity contribution in [2.45, 2.75) is 91.4 Å². The van der Waals surface area contributed by atoms with Crippen molar-refractivity contribution in [1.29, 1.82) is 0 Å². The number of H-pyrrole nitrogens is 1. The standard InChI is InChI=1S/C13H17NO.C13H20O3.C11H14N2/c1-13(2,3)10-5-6-11-9(8-10)4-7-12(15)14-11;1-13(2,3)9-7-10(14-4)12(16-6)11(8-9)15-5;1-11(2,3)9-6-8-4-5-12-10(8)13-7-9/h5-6,8H,4,7H2,1-3H3,(H,14,15);7-8H,1-6H3;4-7H,1-3H3,(H,12,13). The lowest BCUT2D eigenvalue weighted by Gasteiger charge is -2.23. The molecule has 2 aromatic carbocycles. The number of carbonyl (C=O) groups is 1. The Bertz CT molecular complexity index is 1540. The number of nitrogens with one attached hydrogen (secondary N) is 2. The maximum absolute atomic E-state index is 11.2. The highest BCUT2D eigenvalue weighted by Gasteiger charge is 2.21. The molecule has 1 aliphatic heterocycles. The second-order valence-electron chi connectivity index (χ2n) is 14.2. The fourth-order valence-electron chi connectivity index (χ4n) is 4.71. The van der Waals surface area contributed by atoms with E-state index in [1.54, 1.807) is 21.3 Å². The maximum Gasteiger partial charge on any atom is 0.224 e. The van der Waals surface area contributed by atoms with Gasteiger partial charge in [0.25, 0.3) is 0 Å². The average molecular weight is 602 g/mol. The third-order valence-corrected chi connectivity index (χ3v) is 7.66. The number of ether oxygens (including phenoxy) is 3. The minimum absolute atomic E-state index is 0.0484. The highest BCUT2D eigenvalue weighted by molar-refractivity contribution is 5.93. The molecule has 2 N–H and O–H groups in total. The molecule has 1 aliphatic rings. The summed E-state index contributed by atoms with van der Waals surface area (Å²) in [6, 6.07) is 14.6. The van der Waals surface area contributed by atoms with Gasteiger partial charge in [-0.2, -0.15) is 0 Å². The number of pyridine rings is 1. The van der Waals surface area contributed by atoms with Crippen LogP contribution in [-0.2, 0) is 27.5 Å². The maximum atomic E-state index is 11.2. The van der Waals surface area contributed by atoms with E-state index in [0.29, 0.717) is 23.7 Å². The molecule has 0 unspecified atom stereocenters. The molecule has 238 valence electrons. The van der Waals surface area contributed by atoms with Crippen molar-refractivity contribution >= 4 is 22.6 Å². The molecule has 0 radical (unpaired) electrons. The number of amides is 1. The van der Waals surface area contributed by atoms with Crippen molar-refractivity contribution in [2.24, 2.45) is 0 Å². The van der Waals surface area contributed by atoms with Crippen molar-refractivity contribution in [3.05, 3.63) is 77.1 Å². The molecule has 0 aliphatic carbocycles. The first-order valence-corrected chi connectivity index (χ1v) is 15.1. The van der Waals surface area contributed by atoms with Gasteiger partial charge in [0.2, 0.25) is 11.7 Å². The van der Waals surface area contributed by atoms with E-state index in [0.717, 1.165) is 23.3 Å². The molecular formula is C37H51N3O4. The predicted octanol–water partition coefficient (Wildman–Crippen LogP) is 8.74. The van der Waals surface area contributed by atoms with Gasteiger partial charge in [0.1, 0.15) is 5.65 Å². The van der Waals surface area contributed by atoms with Gasteiger partial charge in [0.15, 0.2) is 11.5 Å². The van der Waals surface area contributed by atoms with Crippen LogP contribution in [0.3, 0.4) is 0 Å². The van der Waals surface area contributed by atoms with E-state index in [1.165, 1.54) is 22.1 Å². The fourth-order valence-corrected chi connectivity index (χ4v) is 4.71. The van der Waals surface area contributed by atoms with Crippen LogP contribution in [0.2, 0.25) is 0 Å². The number of benzene rings is 2. The van der Waals surface area contributed by atoms with Crippen molar-refractivity contribution in [3.63, 3.8) is 0 Å². The van der Waals surface area contributed by atoms with Gasteiger partial charge >= 0.3 is 0 Å². The Labute approximate surface area is 263 Å². The SMILES string of the molecule is CC(C)(C)c1ccc2c(c1)CCC(=O)N2.CC(C)(C)c1cnc2[nH]ccc2c1.COc1cc(C(C)(C)C)cc(OC)c1OC. The Morgan fingerprint density at radius 3 is 1.80 bits per heavy atom. The molecule has 5 rings (SSSR count). The van der Waals surface area contributed by atoms with Gasteiger partial charge in [-0.3, -0.25) is 4.79 Å². The zero-order valence-electron chi connectivity index (χ0n) is 28.7. The highest BCUT2D eigenvalue weighted by Crippen LogP contribution is 2.41. The van der Waals surface area contributed by atoms with Crippen LogP contribution in [0.5, 0.6) is 17.2 Å². The number of aryl methyl sites for hydroxylation is 1. The van der Waals surface area contributed by atoms with Crippen molar-refractivity contribution in [3.8, 4) is 17.2 Å². The first kappa shape index (κ1) is 34.5. The van der Waals surface area contributed by atoms with E-state index >= 15 is 0 Å². The van der Waals surface area contributed by atoms with E-state index < -0.39 is 0 Å². The summed E-state index contributed by atoms with van der Waals surface area (Å²) in [5.74, 6) is 2.17. The van der Waals surface area contributed by atoms with Crippen LogP contribution in [0.1, 0.15) is 91.0 Å². The molecule has 7 heteroatoms. The molecule has 0 spiro atoms. The molecule has 0 atom stereocenters. The number of hydrogen-bond acceptors (Lipinski definition) is 5. The number of anilines is 1.